The summed E-state index contributed by atoms with van der Waals surface area (Å²) in [5, 5.41) is 5.17. The standard InChI is InChI=1S/C23H20F3NO3S/c1-12-19(22(29)30-2)20(13-5-7-15(8-6-13)23(24,25)26)21-16(27-12)10-14(11-17(21)28)18-4-3-9-31-18/h3-9,14,20,27H,10-11H2,1-2H3/t14-,20+/m0/s1. The summed E-state index contributed by atoms with van der Waals surface area (Å²) < 4.78 is 44.0. The number of thiophene rings is 1. The van der Waals surface area contributed by atoms with Crippen molar-refractivity contribution in [3.63, 3.8) is 0 Å². The third kappa shape index (κ3) is 3.92. The Balaban J connectivity index is 1.80. The predicted octanol–water partition coefficient (Wildman–Crippen LogP) is 5.30. The zero-order valence-corrected chi connectivity index (χ0v) is 17.7. The fourth-order valence-electron chi connectivity index (χ4n) is 4.34. The van der Waals surface area contributed by atoms with Crippen LogP contribution in [0.4, 0.5) is 13.2 Å². The maximum Gasteiger partial charge on any atom is 0.416 e. The van der Waals surface area contributed by atoms with Crippen LogP contribution in [0.5, 0.6) is 0 Å². The second kappa shape index (κ2) is 8.00. The van der Waals surface area contributed by atoms with Crippen LogP contribution in [0.25, 0.3) is 0 Å². The molecule has 0 amide bonds. The molecule has 0 spiro atoms. The van der Waals surface area contributed by atoms with Crippen molar-refractivity contribution in [1.82, 2.24) is 5.32 Å². The van der Waals surface area contributed by atoms with Crippen LogP contribution in [-0.2, 0) is 20.5 Å². The molecule has 0 bridgehead atoms. The summed E-state index contributed by atoms with van der Waals surface area (Å²) in [4.78, 5) is 27.0. The number of methoxy groups -OCH3 is 1. The SMILES string of the molecule is COC(=O)C1=C(C)NC2=C(C(=O)C[C@@H](c3cccs3)C2)[C@@H]1c1ccc(C(F)(F)F)cc1. The number of Topliss-reactive ketones (excluding diaryl/α,β-unsaturated/α-hetero) is 1. The van der Waals surface area contributed by atoms with E-state index in [9.17, 15) is 22.8 Å². The molecule has 0 radical (unpaired) electrons. The highest BCUT2D eigenvalue weighted by Crippen LogP contribution is 2.46. The van der Waals surface area contributed by atoms with Crippen LogP contribution in [0.15, 0.2) is 64.3 Å². The van der Waals surface area contributed by atoms with Gasteiger partial charge in [-0.15, -0.1) is 11.3 Å². The molecule has 0 saturated carbocycles. The highest BCUT2D eigenvalue weighted by atomic mass is 32.1. The molecule has 162 valence electrons. The van der Waals surface area contributed by atoms with E-state index in [0.717, 1.165) is 17.0 Å². The molecule has 0 fully saturated rings. The van der Waals surface area contributed by atoms with Gasteiger partial charge in [0.1, 0.15) is 0 Å². The molecule has 0 unspecified atom stereocenters. The molecule has 2 atom stereocenters. The Morgan fingerprint density at radius 3 is 2.45 bits per heavy atom. The van der Waals surface area contributed by atoms with E-state index in [1.165, 1.54) is 19.2 Å². The van der Waals surface area contributed by atoms with Gasteiger partial charge in [0, 0.05) is 40.1 Å². The number of dihydropyridines is 1. The molecule has 0 saturated heterocycles. The first-order valence-electron chi connectivity index (χ1n) is 9.73. The third-order valence-corrected chi connectivity index (χ3v) is 6.78. The van der Waals surface area contributed by atoms with Crippen molar-refractivity contribution < 1.29 is 27.5 Å². The largest absolute Gasteiger partial charge is 0.466 e. The summed E-state index contributed by atoms with van der Waals surface area (Å²) in [6.45, 7) is 1.71. The number of hydrogen-bond donors (Lipinski definition) is 1. The molecule has 31 heavy (non-hydrogen) atoms. The number of carbonyl (C=O) groups excluding carboxylic acids is 2. The Labute approximate surface area is 181 Å². The monoisotopic (exact) mass is 447 g/mol. The zero-order chi connectivity index (χ0) is 22.3. The lowest BCUT2D eigenvalue weighted by Gasteiger charge is -2.36. The van der Waals surface area contributed by atoms with Gasteiger partial charge in [0.25, 0.3) is 0 Å². The van der Waals surface area contributed by atoms with Crippen LogP contribution in [0.3, 0.4) is 0 Å². The maximum atomic E-state index is 13.3. The molecule has 1 aliphatic heterocycles. The van der Waals surface area contributed by atoms with E-state index in [4.69, 9.17) is 4.74 Å². The van der Waals surface area contributed by atoms with Gasteiger partial charge in [0.05, 0.1) is 18.2 Å². The predicted molar refractivity (Wildman–Crippen MR) is 110 cm³/mol. The number of carbonyl (C=O) groups is 2. The van der Waals surface area contributed by atoms with Gasteiger partial charge < -0.3 is 10.1 Å². The minimum atomic E-state index is -4.47. The lowest BCUT2D eigenvalue weighted by atomic mass is 9.72. The quantitative estimate of drug-likeness (QED) is 0.649. The Bertz CT molecular complexity index is 1080. The summed E-state index contributed by atoms with van der Waals surface area (Å²) in [6.07, 6.45) is -3.60. The van der Waals surface area contributed by atoms with Crippen LogP contribution in [0.1, 0.15) is 47.6 Å². The molecule has 1 aromatic carbocycles. The van der Waals surface area contributed by atoms with Crippen LogP contribution < -0.4 is 5.32 Å². The van der Waals surface area contributed by atoms with E-state index >= 15 is 0 Å². The minimum absolute atomic E-state index is 0.0273. The van der Waals surface area contributed by atoms with Crippen LogP contribution in [0, 0.1) is 0 Å². The number of rotatable bonds is 3. The Morgan fingerprint density at radius 1 is 1.16 bits per heavy atom. The van der Waals surface area contributed by atoms with E-state index in [2.05, 4.69) is 5.32 Å². The molecule has 1 N–H and O–H groups in total. The van der Waals surface area contributed by atoms with Crippen LogP contribution in [-0.4, -0.2) is 18.9 Å². The first kappa shape index (κ1) is 21.4. The smallest absolute Gasteiger partial charge is 0.416 e. The van der Waals surface area contributed by atoms with E-state index in [-0.39, 0.29) is 23.7 Å². The van der Waals surface area contributed by atoms with Crippen molar-refractivity contribution >= 4 is 23.1 Å². The van der Waals surface area contributed by atoms with Crippen molar-refractivity contribution in [1.29, 1.82) is 0 Å². The normalized spacial score (nSPS) is 21.6. The van der Waals surface area contributed by atoms with Crippen molar-refractivity contribution in [3.05, 3.63) is 80.3 Å². The van der Waals surface area contributed by atoms with E-state index in [1.54, 1.807) is 18.3 Å². The summed E-state index contributed by atoms with van der Waals surface area (Å²) >= 11 is 1.59. The Hall–Kier alpha value is -2.87. The van der Waals surface area contributed by atoms with Crippen molar-refractivity contribution in [3.8, 4) is 0 Å². The van der Waals surface area contributed by atoms with Gasteiger partial charge >= 0.3 is 12.1 Å². The number of allylic oxidation sites excluding steroid dienone is 3. The molecular formula is C23H20F3NO3S. The first-order valence-corrected chi connectivity index (χ1v) is 10.6. The van der Waals surface area contributed by atoms with Gasteiger partial charge in [0.15, 0.2) is 5.78 Å². The number of alkyl halides is 3. The molecule has 2 aliphatic rings. The van der Waals surface area contributed by atoms with Gasteiger partial charge in [-0.3, -0.25) is 4.79 Å². The van der Waals surface area contributed by atoms with E-state index in [1.807, 2.05) is 17.5 Å². The fourth-order valence-corrected chi connectivity index (χ4v) is 5.17. The number of hydrogen-bond acceptors (Lipinski definition) is 5. The number of esters is 1. The number of benzene rings is 1. The van der Waals surface area contributed by atoms with Gasteiger partial charge in [-0.05, 0) is 42.5 Å². The average Bonchev–Trinajstić information content (AvgIpc) is 3.26. The summed E-state index contributed by atoms with van der Waals surface area (Å²) in [5.74, 6) is -1.48. The Morgan fingerprint density at radius 2 is 1.87 bits per heavy atom. The zero-order valence-electron chi connectivity index (χ0n) is 16.9. The average molecular weight is 447 g/mol. The molecule has 4 nitrogen and oxygen atoms in total. The topological polar surface area (TPSA) is 55.4 Å². The fraction of sp³-hybridized carbons (Fsp3) is 0.304. The van der Waals surface area contributed by atoms with Crippen LogP contribution in [0.2, 0.25) is 0 Å². The van der Waals surface area contributed by atoms with Gasteiger partial charge in [-0.2, -0.15) is 13.2 Å². The van der Waals surface area contributed by atoms with Crippen molar-refractivity contribution in [2.45, 2.75) is 37.8 Å². The van der Waals surface area contributed by atoms with Gasteiger partial charge in [0.2, 0.25) is 0 Å². The van der Waals surface area contributed by atoms with Gasteiger partial charge in [-0.1, -0.05) is 18.2 Å². The lowest BCUT2D eigenvalue weighted by Crippen LogP contribution is -2.35. The maximum absolute atomic E-state index is 13.3. The number of nitrogens with one attached hydrogen (secondary N) is 1. The summed E-state index contributed by atoms with van der Waals surface area (Å²) in [7, 11) is 1.24. The van der Waals surface area contributed by atoms with E-state index < -0.39 is 23.6 Å². The third-order valence-electron chi connectivity index (χ3n) is 5.75. The van der Waals surface area contributed by atoms with Crippen molar-refractivity contribution in [2.75, 3.05) is 7.11 Å². The number of ether oxygens (including phenoxy) is 1. The highest BCUT2D eigenvalue weighted by Gasteiger charge is 2.41. The molecule has 1 aliphatic carbocycles. The molecule has 1 aromatic heterocycles. The molecule has 4 rings (SSSR count). The van der Waals surface area contributed by atoms with E-state index in [0.29, 0.717) is 29.0 Å². The van der Waals surface area contributed by atoms with Crippen LogP contribution >= 0.6 is 11.3 Å². The van der Waals surface area contributed by atoms with Crippen molar-refractivity contribution in [2.24, 2.45) is 0 Å². The second-order valence-electron chi connectivity index (χ2n) is 7.64. The Kier molecular flexibility index (Phi) is 5.51. The molecule has 2 heterocycles. The lowest BCUT2D eigenvalue weighted by molar-refractivity contribution is -0.138. The highest BCUT2D eigenvalue weighted by molar-refractivity contribution is 7.10. The summed E-state index contributed by atoms with van der Waals surface area (Å²) in [6, 6.07) is 8.55. The van der Waals surface area contributed by atoms with Gasteiger partial charge in [-0.25, -0.2) is 4.79 Å². The summed E-state index contributed by atoms with van der Waals surface area (Å²) in [5.41, 5.74) is 1.58. The minimum Gasteiger partial charge on any atom is -0.466 e. The molecule has 8 heteroatoms. The molecule has 2 aromatic rings. The molecular weight excluding hydrogens is 427 g/mol. The second-order valence-corrected chi connectivity index (χ2v) is 8.62. The number of ketones is 1. The first-order chi connectivity index (χ1) is 14.7. The number of halogens is 3.